The summed E-state index contributed by atoms with van der Waals surface area (Å²) in [6, 6.07) is 12.2. The molecule has 2 atom stereocenters. The number of carbonyl (C=O) groups is 1. The molecule has 4 rings (SSSR count). The Labute approximate surface area is 171 Å². The van der Waals surface area contributed by atoms with Gasteiger partial charge < -0.3 is 9.64 Å². The van der Waals surface area contributed by atoms with Gasteiger partial charge in [0.15, 0.2) is 0 Å². The lowest BCUT2D eigenvalue weighted by Gasteiger charge is -2.40. The van der Waals surface area contributed by atoms with Crippen LogP contribution in [-0.2, 0) is 22.5 Å². The molecule has 3 heterocycles. The van der Waals surface area contributed by atoms with Crippen molar-refractivity contribution in [3.05, 3.63) is 64.9 Å². The van der Waals surface area contributed by atoms with Gasteiger partial charge in [-0.25, -0.2) is 0 Å². The standard InChI is InChI=1S/C22H26ClN3O2/c23-19-6-2-1-5-18(19)15-25-11-8-20-21(9-12-25)28-16-22(27)26(20)13-7-17-4-3-10-24-14-17/h1-6,10,14,20-21H,7-9,11-13,15-16H2/t20-,21-/m0/s1. The molecule has 2 aliphatic rings. The predicted octanol–water partition coefficient (Wildman–Crippen LogP) is 3.17. The molecule has 148 valence electrons. The van der Waals surface area contributed by atoms with Crippen molar-refractivity contribution >= 4 is 17.5 Å². The highest BCUT2D eigenvalue weighted by Crippen LogP contribution is 2.26. The monoisotopic (exact) mass is 399 g/mol. The molecule has 2 fully saturated rings. The van der Waals surface area contributed by atoms with Crippen molar-refractivity contribution in [3.8, 4) is 0 Å². The molecule has 2 aliphatic heterocycles. The molecule has 0 spiro atoms. The van der Waals surface area contributed by atoms with E-state index in [-0.39, 0.29) is 24.7 Å². The van der Waals surface area contributed by atoms with Gasteiger partial charge in [0.2, 0.25) is 5.91 Å². The van der Waals surface area contributed by atoms with E-state index in [1.165, 1.54) is 0 Å². The van der Waals surface area contributed by atoms with Crippen LogP contribution in [-0.4, -0.2) is 59.1 Å². The number of hydrogen-bond donors (Lipinski definition) is 0. The number of pyridine rings is 1. The first-order valence-corrected chi connectivity index (χ1v) is 10.3. The minimum atomic E-state index is 0.102. The first-order chi connectivity index (χ1) is 13.7. The minimum absolute atomic E-state index is 0.102. The summed E-state index contributed by atoms with van der Waals surface area (Å²) in [4.78, 5) is 21.2. The average molecular weight is 400 g/mol. The second kappa shape index (κ2) is 9.03. The van der Waals surface area contributed by atoms with Crippen molar-refractivity contribution in [2.75, 3.05) is 26.2 Å². The number of benzene rings is 1. The molecule has 1 amide bonds. The van der Waals surface area contributed by atoms with Crippen LogP contribution in [0, 0.1) is 0 Å². The number of carbonyl (C=O) groups excluding carboxylic acids is 1. The van der Waals surface area contributed by atoms with Gasteiger partial charge in [0.1, 0.15) is 6.61 Å². The molecule has 2 saturated heterocycles. The topological polar surface area (TPSA) is 45.7 Å². The van der Waals surface area contributed by atoms with Gasteiger partial charge in [-0.05, 0) is 42.5 Å². The van der Waals surface area contributed by atoms with Crippen LogP contribution >= 0.6 is 11.6 Å². The molecule has 1 aromatic carbocycles. The predicted molar refractivity (Wildman–Crippen MR) is 109 cm³/mol. The molecule has 0 N–H and O–H groups in total. The zero-order valence-electron chi connectivity index (χ0n) is 16.0. The van der Waals surface area contributed by atoms with Crippen LogP contribution in [0.5, 0.6) is 0 Å². The number of morpholine rings is 1. The third kappa shape index (κ3) is 4.54. The summed E-state index contributed by atoms with van der Waals surface area (Å²) in [5.41, 5.74) is 2.31. The summed E-state index contributed by atoms with van der Waals surface area (Å²) < 4.78 is 5.92. The fourth-order valence-corrected chi connectivity index (χ4v) is 4.42. The van der Waals surface area contributed by atoms with Crippen molar-refractivity contribution in [2.24, 2.45) is 0 Å². The van der Waals surface area contributed by atoms with E-state index in [4.69, 9.17) is 16.3 Å². The summed E-state index contributed by atoms with van der Waals surface area (Å²) in [5.74, 6) is 0.102. The zero-order valence-corrected chi connectivity index (χ0v) is 16.7. The molecule has 0 bridgehead atoms. The Bertz CT molecular complexity index is 801. The van der Waals surface area contributed by atoms with E-state index in [0.29, 0.717) is 0 Å². The number of nitrogens with zero attached hydrogens (tertiary/aromatic N) is 3. The number of aromatic nitrogens is 1. The van der Waals surface area contributed by atoms with Crippen molar-refractivity contribution in [1.29, 1.82) is 0 Å². The Kier molecular flexibility index (Phi) is 6.25. The maximum atomic E-state index is 12.6. The summed E-state index contributed by atoms with van der Waals surface area (Å²) >= 11 is 6.34. The highest BCUT2D eigenvalue weighted by atomic mass is 35.5. The van der Waals surface area contributed by atoms with Gasteiger partial charge in [0.25, 0.3) is 0 Å². The maximum absolute atomic E-state index is 12.6. The van der Waals surface area contributed by atoms with Crippen LogP contribution < -0.4 is 0 Å². The van der Waals surface area contributed by atoms with E-state index in [1.54, 1.807) is 6.20 Å². The zero-order chi connectivity index (χ0) is 19.3. The number of ether oxygens (including phenoxy) is 1. The average Bonchev–Trinajstić information content (AvgIpc) is 2.92. The molecule has 0 unspecified atom stereocenters. The second-order valence-electron chi connectivity index (χ2n) is 7.56. The van der Waals surface area contributed by atoms with Gasteiger partial charge >= 0.3 is 0 Å². The van der Waals surface area contributed by atoms with E-state index in [9.17, 15) is 4.79 Å². The first kappa shape index (κ1) is 19.4. The van der Waals surface area contributed by atoms with Crippen LogP contribution in [0.4, 0.5) is 0 Å². The highest BCUT2D eigenvalue weighted by molar-refractivity contribution is 6.31. The number of likely N-dealkylation sites (tertiary alicyclic amines) is 1. The maximum Gasteiger partial charge on any atom is 0.248 e. The minimum Gasteiger partial charge on any atom is -0.366 e. The molecule has 2 aromatic rings. The summed E-state index contributed by atoms with van der Waals surface area (Å²) in [5, 5.41) is 0.814. The van der Waals surface area contributed by atoms with Gasteiger partial charge in [0.05, 0.1) is 12.1 Å². The Hall–Kier alpha value is -1.95. The Morgan fingerprint density at radius 1 is 1.14 bits per heavy atom. The quantitative estimate of drug-likeness (QED) is 0.774. The number of fused-ring (bicyclic) bond motifs is 1. The fraction of sp³-hybridized carbons (Fsp3) is 0.455. The van der Waals surface area contributed by atoms with E-state index >= 15 is 0 Å². The van der Waals surface area contributed by atoms with Gasteiger partial charge in [0, 0.05) is 43.6 Å². The second-order valence-corrected chi connectivity index (χ2v) is 7.97. The van der Waals surface area contributed by atoms with Crippen LogP contribution in [0.3, 0.4) is 0 Å². The molecule has 0 radical (unpaired) electrons. The van der Waals surface area contributed by atoms with Gasteiger partial charge in [-0.1, -0.05) is 35.9 Å². The smallest absolute Gasteiger partial charge is 0.248 e. The van der Waals surface area contributed by atoms with Crippen molar-refractivity contribution < 1.29 is 9.53 Å². The molecule has 5 nitrogen and oxygen atoms in total. The lowest BCUT2D eigenvalue weighted by Crippen LogP contribution is -2.54. The molecule has 28 heavy (non-hydrogen) atoms. The van der Waals surface area contributed by atoms with Crippen molar-refractivity contribution in [3.63, 3.8) is 0 Å². The summed E-state index contributed by atoms with van der Waals surface area (Å²) in [7, 11) is 0. The number of amides is 1. The van der Waals surface area contributed by atoms with E-state index in [0.717, 1.165) is 61.6 Å². The Morgan fingerprint density at radius 3 is 2.82 bits per heavy atom. The molecule has 1 aromatic heterocycles. The SMILES string of the molecule is O=C1CO[C@H]2CCN(Cc3ccccc3Cl)CC[C@@H]2N1CCc1cccnc1. The van der Waals surface area contributed by atoms with Gasteiger partial charge in [-0.15, -0.1) is 0 Å². The Morgan fingerprint density at radius 2 is 2.00 bits per heavy atom. The fourth-order valence-electron chi connectivity index (χ4n) is 4.22. The van der Waals surface area contributed by atoms with Crippen LogP contribution in [0.25, 0.3) is 0 Å². The number of halogens is 1. The van der Waals surface area contributed by atoms with Gasteiger partial charge in [-0.2, -0.15) is 0 Å². The lowest BCUT2D eigenvalue weighted by atomic mass is 10.0. The molecule has 6 heteroatoms. The summed E-state index contributed by atoms with van der Waals surface area (Å²) in [6.07, 6.45) is 6.45. The van der Waals surface area contributed by atoms with Crippen molar-refractivity contribution in [2.45, 2.75) is 38.0 Å². The molecular weight excluding hydrogens is 374 g/mol. The Balaban J connectivity index is 1.41. The third-order valence-electron chi connectivity index (χ3n) is 5.76. The first-order valence-electron chi connectivity index (χ1n) is 9.96. The summed E-state index contributed by atoms with van der Waals surface area (Å²) in [6.45, 7) is 3.64. The molecule has 0 saturated carbocycles. The number of hydrogen-bond acceptors (Lipinski definition) is 4. The van der Waals surface area contributed by atoms with E-state index in [2.05, 4.69) is 22.0 Å². The van der Waals surface area contributed by atoms with Crippen molar-refractivity contribution in [1.82, 2.24) is 14.8 Å². The van der Waals surface area contributed by atoms with Crippen LogP contribution in [0.1, 0.15) is 24.0 Å². The molecule has 0 aliphatic carbocycles. The lowest BCUT2D eigenvalue weighted by molar-refractivity contribution is -0.157. The van der Waals surface area contributed by atoms with Crippen LogP contribution in [0.2, 0.25) is 5.02 Å². The van der Waals surface area contributed by atoms with Gasteiger partial charge in [-0.3, -0.25) is 14.7 Å². The molecular formula is C22H26ClN3O2. The normalized spacial score (nSPS) is 23.3. The van der Waals surface area contributed by atoms with E-state index in [1.807, 2.05) is 35.4 Å². The number of rotatable bonds is 5. The third-order valence-corrected chi connectivity index (χ3v) is 6.13. The van der Waals surface area contributed by atoms with E-state index < -0.39 is 0 Å². The van der Waals surface area contributed by atoms with Crippen LogP contribution in [0.15, 0.2) is 48.8 Å². The highest BCUT2D eigenvalue weighted by Gasteiger charge is 2.38. The largest absolute Gasteiger partial charge is 0.366 e.